The van der Waals surface area contributed by atoms with Gasteiger partial charge in [-0.1, -0.05) is 0 Å². The molecule has 142 valence electrons. The number of aromatic nitrogens is 2. The second-order valence-corrected chi connectivity index (χ2v) is 6.97. The van der Waals surface area contributed by atoms with Crippen molar-refractivity contribution in [3.05, 3.63) is 48.3 Å². The molecule has 0 radical (unpaired) electrons. The zero-order valence-corrected chi connectivity index (χ0v) is 15.3. The Balaban J connectivity index is 1.38. The van der Waals surface area contributed by atoms with Crippen molar-refractivity contribution in [3.63, 3.8) is 0 Å². The van der Waals surface area contributed by atoms with Gasteiger partial charge in [0.25, 0.3) is 11.8 Å². The summed E-state index contributed by atoms with van der Waals surface area (Å²) in [5, 5.41) is 4.19. The minimum Gasteiger partial charge on any atom is -0.368 e. The first-order chi connectivity index (χ1) is 13.2. The number of rotatable bonds is 3. The van der Waals surface area contributed by atoms with E-state index in [9.17, 15) is 9.59 Å². The SMILES string of the molecule is O=C(c1ccc(-n2cccn2)cc1)N1CCCN(C(=O)C2CCCO2)CC1. The highest BCUT2D eigenvalue weighted by Crippen LogP contribution is 2.17. The summed E-state index contributed by atoms with van der Waals surface area (Å²) in [7, 11) is 0. The molecule has 27 heavy (non-hydrogen) atoms. The van der Waals surface area contributed by atoms with Crippen LogP contribution in [-0.4, -0.2) is 70.3 Å². The van der Waals surface area contributed by atoms with Gasteiger partial charge in [-0.25, -0.2) is 4.68 Å². The number of ether oxygens (including phenoxy) is 1. The number of nitrogens with zero attached hydrogens (tertiary/aromatic N) is 4. The second-order valence-electron chi connectivity index (χ2n) is 6.97. The van der Waals surface area contributed by atoms with Crippen LogP contribution in [0.25, 0.3) is 5.69 Å². The molecular formula is C20H24N4O3. The molecule has 2 amide bonds. The molecule has 0 N–H and O–H groups in total. The first-order valence-electron chi connectivity index (χ1n) is 9.52. The third-order valence-electron chi connectivity index (χ3n) is 5.18. The van der Waals surface area contributed by atoms with Crippen LogP contribution in [0, 0.1) is 0 Å². The fraction of sp³-hybridized carbons (Fsp3) is 0.450. The molecule has 0 bridgehead atoms. The largest absolute Gasteiger partial charge is 0.368 e. The Morgan fingerprint density at radius 3 is 2.48 bits per heavy atom. The molecule has 2 aromatic rings. The molecule has 2 aliphatic heterocycles. The average Bonchev–Trinajstić information content (AvgIpc) is 3.38. The molecular weight excluding hydrogens is 344 g/mol. The van der Waals surface area contributed by atoms with E-state index in [0.29, 0.717) is 38.3 Å². The van der Waals surface area contributed by atoms with Crippen molar-refractivity contribution in [1.29, 1.82) is 0 Å². The van der Waals surface area contributed by atoms with Crippen LogP contribution in [0.3, 0.4) is 0 Å². The Morgan fingerprint density at radius 1 is 1.00 bits per heavy atom. The predicted molar refractivity (Wildman–Crippen MR) is 99.6 cm³/mol. The molecule has 3 heterocycles. The first-order valence-corrected chi connectivity index (χ1v) is 9.52. The molecule has 2 saturated heterocycles. The van der Waals surface area contributed by atoms with E-state index in [1.807, 2.05) is 46.3 Å². The van der Waals surface area contributed by atoms with Gasteiger partial charge in [0.1, 0.15) is 6.10 Å². The molecule has 1 atom stereocenters. The number of benzene rings is 1. The summed E-state index contributed by atoms with van der Waals surface area (Å²) in [6, 6.07) is 9.32. The summed E-state index contributed by atoms with van der Waals surface area (Å²) < 4.78 is 7.27. The number of carbonyl (C=O) groups excluding carboxylic acids is 2. The molecule has 4 rings (SSSR count). The van der Waals surface area contributed by atoms with E-state index in [1.54, 1.807) is 10.9 Å². The van der Waals surface area contributed by atoms with Crippen molar-refractivity contribution in [3.8, 4) is 5.69 Å². The maximum absolute atomic E-state index is 12.9. The Morgan fingerprint density at radius 2 is 1.78 bits per heavy atom. The molecule has 7 nitrogen and oxygen atoms in total. The number of hydrogen-bond acceptors (Lipinski definition) is 4. The van der Waals surface area contributed by atoms with E-state index >= 15 is 0 Å². The topological polar surface area (TPSA) is 67.7 Å². The third-order valence-corrected chi connectivity index (χ3v) is 5.18. The van der Waals surface area contributed by atoms with Gasteiger partial charge >= 0.3 is 0 Å². The predicted octanol–water partition coefficient (Wildman–Crippen LogP) is 1.73. The smallest absolute Gasteiger partial charge is 0.253 e. The van der Waals surface area contributed by atoms with E-state index in [1.165, 1.54) is 0 Å². The van der Waals surface area contributed by atoms with E-state index < -0.39 is 0 Å². The van der Waals surface area contributed by atoms with Gasteiger partial charge in [0.15, 0.2) is 0 Å². The van der Waals surface area contributed by atoms with Gasteiger partial charge < -0.3 is 14.5 Å². The lowest BCUT2D eigenvalue weighted by atomic mass is 10.1. The van der Waals surface area contributed by atoms with Gasteiger partial charge in [-0.15, -0.1) is 0 Å². The monoisotopic (exact) mass is 368 g/mol. The van der Waals surface area contributed by atoms with Gasteiger partial charge in [0.05, 0.1) is 5.69 Å². The summed E-state index contributed by atoms with van der Waals surface area (Å²) >= 11 is 0. The third kappa shape index (κ3) is 3.88. The molecule has 7 heteroatoms. The zero-order valence-electron chi connectivity index (χ0n) is 15.3. The van der Waals surface area contributed by atoms with Crippen molar-refractivity contribution in [2.24, 2.45) is 0 Å². The van der Waals surface area contributed by atoms with Crippen molar-refractivity contribution in [2.75, 3.05) is 32.8 Å². The van der Waals surface area contributed by atoms with Crippen LogP contribution in [0.4, 0.5) is 0 Å². The van der Waals surface area contributed by atoms with Crippen LogP contribution >= 0.6 is 0 Å². The van der Waals surface area contributed by atoms with E-state index in [2.05, 4.69) is 5.10 Å². The maximum Gasteiger partial charge on any atom is 0.253 e. The van der Waals surface area contributed by atoms with Gasteiger partial charge in [-0.2, -0.15) is 5.10 Å². The highest BCUT2D eigenvalue weighted by atomic mass is 16.5. The number of amides is 2. The normalized spacial score (nSPS) is 20.5. The Labute approximate surface area is 158 Å². The lowest BCUT2D eigenvalue weighted by molar-refractivity contribution is -0.140. The minimum absolute atomic E-state index is 0.00781. The van der Waals surface area contributed by atoms with Crippen LogP contribution in [0.2, 0.25) is 0 Å². The first kappa shape index (κ1) is 17.7. The molecule has 0 spiro atoms. The van der Waals surface area contributed by atoms with Crippen LogP contribution in [0.15, 0.2) is 42.7 Å². The quantitative estimate of drug-likeness (QED) is 0.827. The Hall–Kier alpha value is -2.67. The average molecular weight is 368 g/mol. The Bertz CT molecular complexity index is 782. The highest BCUT2D eigenvalue weighted by Gasteiger charge is 2.30. The van der Waals surface area contributed by atoms with Crippen molar-refractivity contribution >= 4 is 11.8 Å². The lowest BCUT2D eigenvalue weighted by Gasteiger charge is -2.24. The molecule has 1 aromatic carbocycles. The van der Waals surface area contributed by atoms with Crippen LogP contribution in [-0.2, 0) is 9.53 Å². The van der Waals surface area contributed by atoms with Gasteiger partial charge in [-0.05, 0) is 49.6 Å². The van der Waals surface area contributed by atoms with Gasteiger partial charge in [-0.3, -0.25) is 9.59 Å². The van der Waals surface area contributed by atoms with Gasteiger partial charge in [0, 0.05) is 50.7 Å². The van der Waals surface area contributed by atoms with E-state index in [0.717, 1.165) is 24.9 Å². The lowest BCUT2D eigenvalue weighted by Crippen LogP contribution is -2.41. The fourth-order valence-electron chi connectivity index (χ4n) is 3.68. The fourth-order valence-corrected chi connectivity index (χ4v) is 3.68. The van der Waals surface area contributed by atoms with E-state index in [4.69, 9.17) is 4.74 Å². The van der Waals surface area contributed by atoms with Crippen molar-refractivity contribution in [2.45, 2.75) is 25.4 Å². The minimum atomic E-state index is -0.290. The van der Waals surface area contributed by atoms with E-state index in [-0.39, 0.29) is 17.9 Å². The molecule has 1 aromatic heterocycles. The summed E-state index contributed by atoms with van der Waals surface area (Å²) in [6.45, 7) is 3.13. The van der Waals surface area contributed by atoms with Crippen molar-refractivity contribution in [1.82, 2.24) is 19.6 Å². The van der Waals surface area contributed by atoms with Crippen molar-refractivity contribution < 1.29 is 14.3 Å². The summed E-state index contributed by atoms with van der Waals surface area (Å²) in [6.07, 6.45) is 5.84. The highest BCUT2D eigenvalue weighted by molar-refractivity contribution is 5.94. The molecule has 0 saturated carbocycles. The summed E-state index contributed by atoms with van der Waals surface area (Å²) in [5.41, 5.74) is 1.57. The second kappa shape index (κ2) is 7.92. The standard InChI is InChI=1S/C20H24N4O3/c25-19(16-5-7-17(8-6-16)24-12-2-9-21-24)22-10-3-11-23(14-13-22)20(26)18-4-1-15-27-18/h2,5-9,12,18H,1,3-4,10-11,13-15H2. The molecule has 1 unspecified atom stereocenters. The van der Waals surface area contributed by atoms with Crippen LogP contribution < -0.4 is 0 Å². The molecule has 2 fully saturated rings. The molecule has 0 aliphatic carbocycles. The van der Waals surface area contributed by atoms with Crippen LogP contribution in [0.5, 0.6) is 0 Å². The summed E-state index contributed by atoms with van der Waals surface area (Å²) in [4.78, 5) is 29.1. The number of carbonyl (C=O) groups is 2. The van der Waals surface area contributed by atoms with Gasteiger partial charge in [0.2, 0.25) is 0 Å². The number of hydrogen-bond donors (Lipinski definition) is 0. The van der Waals surface area contributed by atoms with Crippen LogP contribution in [0.1, 0.15) is 29.6 Å². The molecule has 2 aliphatic rings. The summed E-state index contributed by atoms with van der Waals surface area (Å²) in [5.74, 6) is 0.0822. The zero-order chi connectivity index (χ0) is 18.6. The maximum atomic E-state index is 12.9. The Kier molecular flexibility index (Phi) is 5.20.